The molecular formula is C76H111FN10O11. The Balaban J connectivity index is 0.000000298. The van der Waals surface area contributed by atoms with Crippen molar-refractivity contribution in [1.29, 1.82) is 0 Å². The summed E-state index contributed by atoms with van der Waals surface area (Å²) in [6.45, 7) is 12.3. The SMILES string of the molecule is COCCCCc1ccc(C)cn1.COCCCCc1ccc(F)cn1.COCCCCc1cccc(OC)n1.COCCCCc1ncccc1OC.COCCCOc1ncccc1OC.COCCCc1c(C)nc2ncccn12.COCCCc1cnc2cc(C)ccn12. The Morgan fingerprint density at radius 1 is 0.388 bits per heavy atom. The first kappa shape index (κ1) is 84.1. The Morgan fingerprint density at radius 3 is 1.54 bits per heavy atom. The third kappa shape index (κ3) is 36.5. The first-order chi connectivity index (χ1) is 47.9. The zero-order chi connectivity index (χ0) is 71.1. The number of nitrogens with zero attached hydrogens (tertiary/aromatic N) is 10. The quantitative estimate of drug-likeness (QED) is 0.0334. The van der Waals surface area contributed by atoms with E-state index in [1.54, 1.807) is 102 Å². The summed E-state index contributed by atoms with van der Waals surface area (Å²) in [6, 6.07) is 26.8. The van der Waals surface area contributed by atoms with Crippen molar-refractivity contribution in [2.45, 2.75) is 130 Å². The maximum atomic E-state index is 12.4. The molecule has 9 heterocycles. The number of hydrogen-bond donors (Lipinski definition) is 0. The molecule has 0 unspecified atom stereocenters. The molecule has 21 nitrogen and oxygen atoms in total. The molecule has 22 heteroatoms. The number of aryl methyl sites for hydroxylation is 9. The fourth-order valence-electron chi connectivity index (χ4n) is 9.36. The number of rotatable bonds is 36. The van der Waals surface area contributed by atoms with Crippen LogP contribution in [0.25, 0.3) is 11.4 Å². The number of halogens is 1. The van der Waals surface area contributed by atoms with Crippen LogP contribution >= 0.6 is 0 Å². The Morgan fingerprint density at radius 2 is 0.949 bits per heavy atom. The van der Waals surface area contributed by atoms with Gasteiger partial charge in [-0.3, -0.25) is 19.4 Å². The largest absolute Gasteiger partial charge is 0.495 e. The highest BCUT2D eigenvalue weighted by Crippen LogP contribution is 2.23. The normalized spacial score (nSPS) is 10.4. The van der Waals surface area contributed by atoms with Gasteiger partial charge < -0.3 is 56.5 Å². The van der Waals surface area contributed by atoms with E-state index in [-0.39, 0.29) is 5.82 Å². The van der Waals surface area contributed by atoms with Crippen molar-refractivity contribution in [1.82, 2.24) is 48.7 Å². The molecular weight excluding hydrogens is 1250 g/mol. The van der Waals surface area contributed by atoms with Gasteiger partial charge in [0, 0.05) is 180 Å². The molecule has 0 spiro atoms. The molecule has 0 saturated heterocycles. The number of unbranched alkanes of at least 4 members (excludes halogenated alkanes) is 4. The van der Waals surface area contributed by atoms with Gasteiger partial charge in [-0.05, 0) is 201 Å². The molecule has 0 fully saturated rings. The van der Waals surface area contributed by atoms with Gasteiger partial charge in [-0.15, -0.1) is 0 Å². The summed E-state index contributed by atoms with van der Waals surface area (Å²) < 4.78 is 72.2. The van der Waals surface area contributed by atoms with Crippen LogP contribution < -0.4 is 18.9 Å². The fourth-order valence-corrected chi connectivity index (χ4v) is 9.36. The van der Waals surface area contributed by atoms with Crippen LogP contribution in [0, 0.1) is 26.6 Å². The first-order valence-electron chi connectivity index (χ1n) is 33.7. The van der Waals surface area contributed by atoms with Crippen molar-refractivity contribution in [3.05, 3.63) is 191 Å². The number of imidazole rings is 2. The monoisotopic (exact) mass is 1360 g/mol. The number of pyridine rings is 6. The second-order valence-corrected chi connectivity index (χ2v) is 22.4. The number of methoxy groups -OCH3 is 10. The topological polar surface area (TPSA) is 213 Å². The van der Waals surface area contributed by atoms with Crippen LogP contribution in [0.4, 0.5) is 4.39 Å². The average molecular weight is 1360 g/mol. The molecule has 0 aliphatic heterocycles. The van der Waals surface area contributed by atoms with E-state index in [4.69, 9.17) is 52.1 Å². The standard InChI is InChI=1S/C12H16N2O.C11H15N3O.2C11H17NO2.C11H17NO.C10H14FNO.C10H15NO3/c1-10-5-6-14-11(4-3-7-15-2)9-13-12(14)8-10;1-9-10(5-3-8-15-2)14-7-4-6-12-11(14)13-9;1-13-9-4-3-6-10-11(14-2)7-5-8-12-10;1-13-9-4-3-6-10-7-5-8-11(12-10)14-2;1-10-6-7-11(12-9-10)5-3-4-8-13-2;1-13-7-3-2-4-10-6-5-9(11)8-12-10;1-12-7-4-8-14-10-9(13-2)5-3-6-11-10/h5-6,8-9H,3-4,7H2,1-2H3;4,6-7H,3,5,8H2,1-2H3;2*5,7-8H,3-4,6,9H2,1-2H3;6-7,9H,3-5,8H2,1-2H3;5-6,8H,2-4,7H2,1H3;3,5-6H,4,7-8H2,1-2H3. The van der Waals surface area contributed by atoms with Gasteiger partial charge in [0.05, 0.1) is 45.5 Å². The summed E-state index contributed by atoms with van der Waals surface area (Å²) in [7, 11) is 16.9. The molecule has 0 aliphatic carbocycles. The highest BCUT2D eigenvalue weighted by molar-refractivity contribution is 5.43. The summed E-state index contributed by atoms with van der Waals surface area (Å²) in [4.78, 5) is 34.0. The highest BCUT2D eigenvalue weighted by atomic mass is 19.1. The molecule has 9 aromatic heterocycles. The van der Waals surface area contributed by atoms with Gasteiger partial charge in [-0.2, -0.15) is 0 Å². The van der Waals surface area contributed by atoms with Gasteiger partial charge in [-0.25, -0.2) is 29.3 Å². The van der Waals surface area contributed by atoms with E-state index in [9.17, 15) is 4.39 Å². The van der Waals surface area contributed by atoms with Crippen molar-refractivity contribution < 1.29 is 56.5 Å². The van der Waals surface area contributed by atoms with Crippen molar-refractivity contribution in [3.8, 4) is 23.3 Å². The summed E-state index contributed by atoms with van der Waals surface area (Å²) in [6.07, 6.45) is 31.9. The predicted molar refractivity (Wildman–Crippen MR) is 385 cm³/mol. The van der Waals surface area contributed by atoms with Gasteiger partial charge in [0.25, 0.3) is 5.88 Å². The highest BCUT2D eigenvalue weighted by Gasteiger charge is 2.09. The zero-order valence-electron chi connectivity index (χ0n) is 60.7. The second-order valence-electron chi connectivity index (χ2n) is 22.4. The Hall–Kier alpha value is -8.09. The van der Waals surface area contributed by atoms with Crippen LogP contribution in [0.15, 0.2) is 135 Å². The molecule has 0 bridgehead atoms. The van der Waals surface area contributed by atoms with Crippen LogP contribution in [0.1, 0.15) is 122 Å². The minimum atomic E-state index is -0.277. The molecule has 0 atom stereocenters. The van der Waals surface area contributed by atoms with Crippen LogP contribution in [0.5, 0.6) is 23.3 Å². The lowest BCUT2D eigenvalue weighted by Gasteiger charge is -2.08. The van der Waals surface area contributed by atoms with E-state index >= 15 is 0 Å². The first-order valence-corrected chi connectivity index (χ1v) is 33.7. The molecule has 0 radical (unpaired) electrons. The lowest BCUT2D eigenvalue weighted by atomic mass is 10.1. The third-order valence-corrected chi connectivity index (χ3v) is 14.6. The number of fused-ring (bicyclic) bond motifs is 2. The van der Waals surface area contributed by atoms with E-state index in [1.807, 2.05) is 72.4 Å². The summed E-state index contributed by atoms with van der Waals surface area (Å²) in [5.74, 6) is 3.26. The second kappa shape index (κ2) is 54.9. The minimum absolute atomic E-state index is 0.277. The Bertz CT molecular complexity index is 3290. The van der Waals surface area contributed by atoms with Crippen LogP contribution in [0.2, 0.25) is 0 Å². The molecule has 98 heavy (non-hydrogen) atoms. The van der Waals surface area contributed by atoms with E-state index in [1.165, 1.54) is 40.5 Å². The molecule has 538 valence electrons. The molecule has 0 saturated carbocycles. The third-order valence-electron chi connectivity index (χ3n) is 14.6. The van der Waals surface area contributed by atoms with Gasteiger partial charge in [0.15, 0.2) is 5.75 Å². The van der Waals surface area contributed by atoms with E-state index in [0.29, 0.717) is 30.7 Å². The van der Waals surface area contributed by atoms with Crippen LogP contribution in [-0.4, -0.2) is 173 Å². The van der Waals surface area contributed by atoms with Gasteiger partial charge in [0.2, 0.25) is 11.7 Å². The van der Waals surface area contributed by atoms with Crippen molar-refractivity contribution in [3.63, 3.8) is 0 Å². The van der Waals surface area contributed by atoms with Crippen molar-refractivity contribution in [2.75, 3.05) is 124 Å². The van der Waals surface area contributed by atoms with Crippen molar-refractivity contribution in [2.24, 2.45) is 0 Å². The fraction of sp³-hybridized carbons (Fsp3) is 0.500. The van der Waals surface area contributed by atoms with Crippen LogP contribution in [0.3, 0.4) is 0 Å². The predicted octanol–water partition coefficient (Wildman–Crippen LogP) is 14.0. The van der Waals surface area contributed by atoms with E-state index in [2.05, 4.69) is 88.6 Å². The van der Waals surface area contributed by atoms with Crippen molar-refractivity contribution >= 4 is 11.4 Å². The maximum absolute atomic E-state index is 12.4. The maximum Gasteiger partial charge on any atom is 0.256 e. The molecule has 9 rings (SSSR count). The van der Waals surface area contributed by atoms with Gasteiger partial charge >= 0.3 is 0 Å². The molecule has 0 amide bonds. The van der Waals surface area contributed by atoms with Gasteiger partial charge in [-0.1, -0.05) is 12.1 Å². The lowest BCUT2D eigenvalue weighted by Crippen LogP contribution is -2.03. The van der Waals surface area contributed by atoms with E-state index < -0.39 is 0 Å². The number of ether oxygens (including phenoxy) is 11. The molecule has 0 N–H and O–H groups in total. The average Bonchev–Trinajstić information content (AvgIpc) is 1.68. The summed E-state index contributed by atoms with van der Waals surface area (Å²) >= 11 is 0. The Kier molecular flexibility index (Phi) is 47.1. The lowest BCUT2D eigenvalue weighted by molar-refractivity contribution is 0.169. The summed E-state index contributed by atoms with van der Waals surface area (Å²) in [5.41, 5.74) is 11.3. The zero-order valence-corrected chi connectivity index (χ0v) is 60.7. The molecule has 9 aromatic rings. The van der Waals surface area contributed by atoms with Crippen LogP contribution in [-0.2, 0) is 71.7 Å². The minimum Gasteiger partial charge on any atom is -0.495 e. The van der Waals surface area contributed by atoms with Gasteiger partial charge in [0.1, 0.15) is 17.2 Å². The Labute approximate surface area is 582 Å². The number of aromatic nitrogens is 10. The number of hydrogen-bond acceptors (Lipinski definition) is 19. The summed E-state index contributed by atoms with van der Waals surface area (Å²) in [5, 5.41) is 0. The molecule has 0 aliphatic rings. The molecule has 0 aromatic carbocycles. The smallest absolute Gasteiger partial charge is 0.256 e. The van der Waals surface area contributed by atoms with E-state index in [0.717, 1.165) is 189 Å².